The van der Waals surface area contributed by atoms with E-state index in [4.69, 9.17) is 0 Å². The molecule has 2 bridgehead atoms. The third-order valence-electron chi connectivity index (χ3n) is 6.18. The first-order valence-corrected chi connectivity index (χ1v) is 9.43. The standard InChI is InChI=1S/C19H17BrN2O3/c20-9-1-3-10(4-2-9)21-15(23)8-22-18(24)16-11-5-6-12(14-7-13(11)14)17(16)19(22)25/h1-6,11-14,16-17H,7-8H2,(H,21,23)/t11-,12-,13-,14+,16+,17+/m0/s1. The number of likely N-dealkylation sites (tertiary alicyclic amines) is 1. The van der Waals surface area contributed by atoms with Gasteiger partial charge in [-0.05, 0) is 54.4 Å². The fourth-order valence-electron chi connectivity index (χ4n) is 5.05. The maximum atomic E-state index is 12.8. The number of anilines is 1. The van der Waals surface area contributed by atoms with Crippen LogP contribution in [0.15, 0.2) is 40.9 Å². The van der Waals surface area contributed by atoms with Gasteiger partial charge in [0.05, 0.1) is 11.8 Å². The van der Waals surface area contributed by atoms with Gasteiger partial charge in [-0.15, -0.1) is 0 Å². The van der Waals surface area contributed by atoms with Crippen molar-refractivity contribution in [3.8, 4) is 0 Å². The van der Waals surface area contributed by atoms with E-state index in [0.717, 1.165) is 10.9 Å². The zero-order valence-electron chi connectivity index (χ0n) is 13.4. The van der Waals surface area contributed by atoms with Gasteiger partial charge in [-0.3, -0.25) is 19.3 Å². The Morgan fingerprint density at radius 2 is 1.60 bits per heavy atom. The van der Waals surface area contributed by atoms with E-state index >= 15 is 0 Å². The number of hydrogen-bond acceptors (Lipinski definition) is 3. The van der Waals surface area contributed by atoms with Crippen LogP contribution in [0.4, 0.5) is 5.69 Å². The topological polar surface area (TPSA) is 66.5 Å². The smallest absolute Gasteiger partial charge is 0.244 e. The lowest BCUT2D eigenvalue weighted by atomic mass is 9.63. The van der Waals surface area contributed by atoms with Crippen LogP contribution in [0.3, 0.4) is 0 Å². The Morgan fingerprint density at radius 3 is 2.16 bits per heavy atom. The maximum Gasteiger partial charge on any atom is 0.244 e. The van der Waals surface area contributed by atoms with Gasteiger partial charge in [0.2, 0.25) is 17.7 Å². The maximum absolute atomic E-state index is 12.8. The highest BCUT2D eigenvalue weighted by molar-refractivity contribution is 9.10. The molecule has 0 spiro atoms. The van der Waals surface area contributed by atoms with E-state index in [-0.39, 0.29) is 47.9 Å². The van der Waals surface area contributed by atoms with Crippen molar-refractivity contribution in [3.63, 3.8) is 0 Å². The Morgan fingerprint density at radius 1 is 1.04 bits per heavy atom. The number of imide groups is 1. The summed E-state index contributed by atoms with van der Waals surface area (Å²) in [6, 6.07) is 7.19. The highest BCUT2D eigenvalue weighted by atomic mass is 79.9. The molecule has 1 aromatic carbocycles. The fraction of sp³-hybridized carbons (Fsp3) is 0.421. The van der Waals surface area contributed by atoms with Gasteiger partial charge in [0.15, 0.2) is 0 Å². The molecule has 25 heavy (non-hydrogen) atoms. The Balaban J connectivity index is 1.32. The Bertz CT molecular complexity index is 782. The van der Waals surface area contributed by atoms with Crippen LogP contribution < -0.4 is 5.32 Å². The van der Waals surface area contributed by atoms with E-state index in [0.29, 0.717) is 17.5 Å². The molecule has 6 heteroatoms. The summed E-state index contributed by atoms with van der Waals surface area (Å²) in [7, 11) is 0. The highest BCUT2D eigenvalue weighted by Gasteiger charge is 2.67. The van der Waals surface area contributed by atoms with Crippen molar-refractivity contribution in [3.05, 3.63) is 40.9 Å². The molecule has 5 aliphatic rings. The van der Waals surface area contributed by atoms with Crippen molar-refractivity contribution in [2.75, 3.05) is 11.9 Å². The van der Waals surface area contributed by atoms with E-state index in [1.807, 2.05) is 12.1 Å². The second kappa shape index (κ2) is 5.27. The van der Waals surface area contributed by atoms with Gasteiger partial charge < -0.3 is 5.32 Å². The van der Waals surface area contributed by atoms with Gasteiger partial charge in [-0.2, -0.15) is 0 Å². The molecule has 0 aromatic heterocycles. The molecule has 2 saturated carbocycles. The molecule has 1 N–H and O–H groups in total. The van der Waals surface area contributed by atoms with E-state index in [1.54, 1.807) is 12.1 Å². The van der Waals surface area contributed by atoms with Crippen LogP contribution in [-0.2, 0) is 14.4 Å². The Hall–Kier alpha value is -1.95. The fourth-order valence-corrected chi connectivity index (χ4v) is 5.32. The van der Waals surface area contributed by atoms with Gasteiger partial charge in [0.25, 0.3) is 0 Å². The van der Waals surface area contributed by atoms with Crippen LogP contribution in [0, 0.1) is 35.5 Å². The van der Waals surface area contributed by atoms with Crippen LogP contribution >= 0.6 is 15.9 Å². The molecule has 1 saturated heterocycles. The first-order valence-electron chi connectivity index (χ1n) is 8.63. The first-order chi connectivity index (χ1) is 12.0. The zero-order chi connectivity index (χ0) is 17.3. The van der Waals surface area contributed by atoms with Crippen molar-refractivity contribution in [2.24, 2.45) is 35.5 Å². The molecule has 3 fully saturated rings. The Labute approximate surface area is 153 Å². The van der Waals surface area contributed by atoms with Crippen LogP contribution in [0.5, 0.6) is 0 Å². The summed E-state index contributed by atoms with van der Waals surface area (Å²) in [6.45, 7) is -0.199. The molecule has 5 nitrogen and oxygen atoms in total. The number of carbonyl (C=O) groups excluding carboxylic acids is 3. The van der Waals surface area contributed by atoms with E-state index < -0.39 is 0 Å². The second-order valence-corrected chi connectivity index (χ2v) is 8.39. The molecule has 6 atom stereocenters. The molecular weight excluding hydrogens is 384 g/mol. The first kappa shape index (κ1) is 15.3. The number of nitrogens with zero attached hydrogens (tertiary/aromatic N) is 1. The van der Waals surface area contributed by atoms with Crippen molar-refractivity contribution in [2.45, 2.75) is 6.42 Å². The number of allylic oxidation sites excluding steroid dienone is 2. The van der Waals surface area contributed by atoms with Gasteiger partial charge in [-0.1, -0.05) is 28.1 Å². The number of hydrogen-bond donors (Lipinski definition) is 1. The molecule has 4 aliphatic carbocycles. The summed E-state index contributed by atoms with van der Waals surface area (Å²) in [5.41, 5.74) is 0.646. The largest absolute Gasteiger partial charge is 0.325 e. The van der Waals surface area contributed by atoms with Crippen LogP contribution in [0.2, 0.25) is 0 Å². The van der Waals surface area contributed by atoms with Gasteiger partial charge in [-0.25, -0.2) is 0 Å². The number of amides is 3. The number of rotatable bonds is 3. The summed E-state index contributed by atoms with van der Waals surface area (Å²) in [6.07, 6.45) is 5.41. The number of benzene rings is 1. The number of halogens is 1. The quantitative estimate of drug-likeness (QED) is 0.625. The minimum absolute atomic E-state index is 0.161. The number of carbonyl (C=O) groups is 3. The van der Waals surface area contributed by atoms with Crippen molar-refractivity contribution >= 4 is 39.3 Å². The SMILES string of the molecule is O=C(CN1C(=O)[C@@H]2[C@H]3C=C[C@@H]([C@@H]4C[C@H]34)[C@H]2C1=O)Nc1ccc(Br)cc1. The number of nitrogens with one attached hydrogen (secondary N) is 1. The predicted molar refractivity (Wildman–Crippen MR) is 94.2 cm³/mol. The molecule has 1 aliphatic heterocycles. The van der Waals surface area contributed by atoms with Gasteiger partial charge in [0, 0.05) is 10.2 Å². The summed E-state index contributed by atoms with van der Waals surface area (Å²) < 4.78 is 0.918. The lowest BCUT2D eigenvalue weighted by Gasteiger charge is -2.37. The monoisotopic (exact) mass is 400 g/mol. The second-order valence-electron chi connectivity index (χ2n) is 7.47. The van der Waals surface area contributed by atoms with Crippen LogP contribution in [-0.4, -0.2) is 29.2 Å². The average Bonchev–Trinajstić information content (AvgIpc) is 3.38. The molecule has 128 valence electrons. The molecule has 3 amide bonds. The molecule has 1 aromatic rings. The molecule has 0 radical (unpaired) electrons. The van der Waals surface area contributed by atoms with E-state index in [2.05, 4.69) is 33.4 Å². The van der Waals surface area contributed by atoms with Gasteiger partial charge in [0.1, 0.15) is 6.54 Å². The summed E-state index contributed by atoms with van der Waals surface area (Å²) in [5, 5.41) is 2.75. The molecule has 6 rings (SSSR count). The van der Waals surface area contributed by atoms with E-state index in [1.165, 1.54) is 4.90 Å². The minimum atomic E-state index is -0.340. The summed E-state index contributed by atoms with van der Waals surface area (Å²) in [4.78, 5) is 39.1. The average molecular weight is 401 g/mol. The third kappa shape index (κ3) is 2.23. The van der Waals surface area contributed by atoms with E-state index in [9.17, 15) is 14.4 Å². The highest BCUT2D eigenvalue weighted by Crippen LogP contribution is 2.65. The van der Waals surface area contributed by atoms with Gasteiger partial charge >= 0.3 is 0 Å². The molecular formula is C19H17BrN2O3. The molecule has 0 unspecified atom stereocenters. The van der Waals surface area contributed by atoms with Crippen LogP contribution in [0.1, 0.15) is 6.42 Å². The lowest BCUT2D eigenvalue weighted by molar-refractivity contribution is -0.142. The third-order valence-corrected chi connectivity index (χ3v) is 6.71. The summed E-state index contributed by atoms with van der Waals surface area (Å²) in [5.74, 6) is 0.379. The lowest BCUT2D eigenvalue weighted by Crippen LogP contribution is -2.40. The predicted octanol–water partition coefficient (Wildman–Crippen LogP) is 2.44. The van der Waals surface area contributed by atoms with Crippen molar-refractivity contribution in [1.82, 2.24) is 4.90 Å². The van der Waals surface area contributed by atoms with Crippen LogP contribution in [0.25, 0.3) is 0 Å². The van der Waals surface area contributed by atoms with Crippen molar-refractivity contribution in [1.29, 1.82) is 0 Å². The molecule has 1 heterocycles. The minimum Gasteiger partial charge on any atom is -0.325 e. The summed E-state index contributed by atoms with van der Waals surface area (Å²) >= 11 is 3.34. The normalized spacial score (nSPS) is 37.1. The van der Waals surface area contributed by atoms with Crippen molar-refractivity contribution < 1.29 is 14.4 Å². The zero-order valence-corrected chi connectivity index (χ0v) is 15.0. The Kier molecular flexibility index (Phi) is 3.23.